The number of hydrogen-bond donors (Lipinski definition) is 1. The van der Waals surface area contributed by atoms with Gasteiger partial charge in [0.15, 0.2) is 0 Å². The number of nitrogens with zero attached hydrogens (tertiary/aromatic N) is 2. The summed E-state index contributed by atoms with van der Waals surface area (Å²) >= 11 is 1.35. The van der Waals surface area contributed by atoms with Gasteiger partial charge in [-0.15, -0.1) is 10.2 Å². The molecule has 0 aliphatic rings. The Bertz CT molecular complexity index is 263. The first-order valence-electron chi connectivity index (χ1n) is 3.88. The number of hydrogen-bond acceptors (Lipinski definition) is 6. The Kier molecular flexibility index (Phi) is 3.63. The fraction of sp³-hybridized carbons (Fsp3) is 0.571. The first kappa shape index (κ1) is 9.91. The molecule has 5 nitrogen and oxygen atoms in total. The zero-order chi connectivity index (χ0) is 9.68. The maximum Gasteiger partial charge on any atom is 0.328 e. The van der Waals surface area contributed by atoms with Gasteiger partial charge in [0.05, 0.1) is 7.11 Å². The summed E-state index contributed by atoms with van der Waals surface area (Å²) in [5.41, 5.74) is 1.60. The second-order valence-corrected chi connectivity index (χ2v) is 3.21. The Labute approximate surface area is 80.1 Å². The topological polar surface area (TPSA) is 64.1 Å². The Balaban J connectivity index is 2.54. The molecular weight excluding hydrogens is 190 g/mol. The summed E-state index contributed by atoms with van der Waals surface area (Å²) in [5.74, 6) is -0.280. The van der Waals surface area contributed by atoms with E-state index in [1.807, 2.05) is 6.92 Å². The van der Waals surface area contributed by atoms with Crippen LogP contribution in [0, 0.1) is 0 Å². The first-order valence-corrected chi connectivity index (χ1v) is 4.76. The molecule has 0 amide bonds. The van der Waals surface area contributed by atoms with Crippen LogP contribution in [0.25, 0.3) is 0 Å². The van der Waals surface area contributed by atoms with Gasteiger partial charge in [-0.3, -0.25) is 0 Å². The highest BCUT2D eigenvalue weighted by atomic mass is 32.1. The molecule has 1 aromatic heterocycles. The molecule has 1 rings (SSSR count). The van der Waals surface area contributed by atoms with E-state index in [1.165, 1.54) is 18.4 Å². The number of carbonyl (C=O) groups is 1. The fourth-order valence-corrected chi connectivity index (χ4v) is 1.35. The van der Waals surface area contributed by atoms with Crippen LogP contribution in [0.2, 0.25) is 0 Å². The van der Waals surface area contributed by atoms with Crippen molar-refractivity contribution in [2.24, 2.45) is 0 Å². The molecule has 1 atom stereocenters. The van der Waals surface area contributed by atoms with E-state index in [0.717, 1.165) is 0 Å². The third-order valence-corrected chi connectivity index (χ3v) is 2.17. The van der Waals surface area contributed by atoms with Crippen LogP contribution in [0.3, 0.4) is 0 Å². The van der Waals surface area contributed by atoms with Gasteiger partial charge in [0, 0.05) is 0 Å². The molecule has 13 heavy (non-hydrogen) atoms. The predicted molar refractivity (Wildman–Crippen MR) is 49.6 cm³/mol. The number of aromatic nitrogens is 2. The van der Waals surface area contributed by atoms with Gasteiger partial charge < -0.3 is 10.1 Å². The Morgan fingerprint density at radius 2 is 2.62 bits per heavy atom. The van der Waals surface area contributed by atoms with Crippen LogP contribution in [0.5, 0.6) is 0 Å². The van der Waals surface area contributed by atoms with E-state index < -0.39 is 0 Å². The van der Waals surface area contributed by atoms with Crippen LogP contribution < -0.4 is 5.32 Å². The van der Waals surface area contributed by atoms with Crippen molar-refractivity contribution in [3.63, 3.8) is 0 Å². The summed E-state index contributed by atoms with van der Waals surface area (Å²) in [6, 6.07) is -0.335. The van der Waals surface area contributed by atoms with Gasteiger partial charge in [-0.25, -0.2) is 4.79 Å². The molecule has 0 saturated heterocycles. The summed E-state index contributed by atoms with van der Waals surface area (Å²) < 4.78 is 4.61. The van der Waals surface area contributed by atoms with Gasteiger partial charge in [-0.1, -0.05) is 18.3 Å². The SMILES string of the molecule is CCC(Nc1nncs1)C(=O)OC. The Morgan fingerprint density at radius 3 is 3.08 bits per heavy atom. The van der Waals surface area contributed by atoms with Crippen LogP contribution in [0.1, 0.15) is 13.3 Å². The largest absolute Gasteiger partial charge is 0.467 e. The molecule has 0 aromatic carbocycles. The monoisotopic (exact) mass is 201 g/mol. The van der Waals surface area contributed by atoms with Crippen molar-refractivity contribution in [3.05, 3.63) is 5.51 Å². The lowest BCUT2D eigenvalue weighted by atomic mass is 10.2. The molecule has 1 heterocycles. The smallest absolute Gasteiger partial charge is 0.328 e. The number of carbonyl (C=O) groups excluding carboxylic acids is 1. The van der Waals surface area contributed by atoms with E-state index in [0.29, 0.717) is 11.6 Å². The average Bonchev–Trinajstić information content (AvgIpc) is 2.65. The molecule has 0 aliphatic carbocycles. The van der Waals surface area contributed by atoms with Gasteiger partial charge in [-0.05, 0) is 6.42 Å². The molecule has 1 unspecified atom stereocenters. The highest BCUT2D eigenvalue weighted by Gasteiger charge is 2.17. The molecule has 1 aromatic rings. The van der Waals surface area contributed by atoms with Crippen LogP contribution >= 0.6 is 11.3 Å². The number of ether oxygens (including phenoxy) is 1. The van der Waals surface area contributed by atoms with Crippen molar-refractivity contribution >= 4 is 22.4 Å². The number of esters is 1. The van der Waals surface area contributed by atoms with Gasteiger partial charge in [0.25, 0.3) is 0 Å². The molecule has 0 radical (unpaired) electrons. The summed E-state index contributed by atoms with van der Waals surface area (Å²) in [6.45, 7) is 1.90. The normalized spacial score (nSPS) is 12.2. The van der Waals surface area contributed by atoms with E-state index >= 15 is 0 Å². The molecule has 1 N–H and O–H groups in total. The lowest BCUT2D eigenvalue weighted by Crippen LogP contribution is -2.29. The first-order chi connectivity index (χ1) is 6.27. The zero-order valence-electron chi connectivity index (χ0n) is 7.48. The maximum atomic E-state index is 11.1. The van der Waals surface area contributed by atoms with Crippen molar-refractivity contribution in [1.82, 2.24) is 10.2 Å². The molecule has 0 aliphatic heterocycles. The summed E-state index contributed by atoms with van der Waals surface area (Å²) in [7, 11) is 1.37. The second kappa shape index (κ2) is 4.76. The lowest BCUT2D eigenvalue weighted by molar-refractivity contribution is -0.141. The van der Waals surface area contributed by atoms with E-state index in [9.17, 15) is 4.79 Å². The zero-order valence-corrected chi connectivity index (χ0v) is 8.30. The van der Waals surface area contributed by atoms with E-state index in [-0.39, 0.29) is 12.0 Å². The molecule has 72 valence electrons. The second-order valence-electron chi connectivity index (χ2n) is 2.37. The molecule has 0 saturated carbocycles. The van der Waals surface area contributed by atoms with Gasteiger partial charge in [0.2, 0.25) is 5.13 Å². The highest BCUT2D eigenvalue weighted by Crippen LogP contribution is 2.11. The van der Waals surface area contributed by atoms with Crippen molar-refractivity contribution in [3.8, 4) is 0 Å². The number of rotatable bonds is 4. The number of nitrogens with one attached hydrogen (secondary N) is 1. The Hall–Kier alpha value is -1.17. The molecule has 0 spiro atoms. The number of methoxy groups -OCH3 is 1. The fourth-order valence-electron chi connectivity index (χ4n) is 0.855. The third-order valence-electron chi connectivity index (χ3n) is 1.55. The van der Waals surface area contributed by atoms with E-state index in [2.05, 4.69) is 20.3 Å². The minimum Gasteiger partial charge on any atom is -0.467 e. The van der Waals surface area contributed by atoms with Gasteiger partial charge in [0.1, 0.15) is 11.6 Å². The molecule has 6 heteroatoms. The lowest BCUT2D eigenvalue weighted by Gasteiger charge is -2.12. The van der Waals surface area contributed by atoms with E-state index in [4.69, 9.17) is 0 Å². The third kappa shape index (κ3) is 2.66. The van der Waals surface area contributed by atoms with E-state index in [1.54, 1.807) is 5.51 Å². The van der Waals surface area contributed by atoms with Crippen molar-refractivity contribution < 1.29 is 9.53 Å². The minimum atomic E-state index is -0.335. The summed E-state index contributed by atoms with van der Waals surface area (Å²) in [6.07, 6.45) is 0.659. The number of anilines is 1. The molecular formula is C7H11N3O2S. The minimum absolute atomic E-state index is 0.280. The van der Waals surface area contributed by atoms with Gasteiger partial charge in [-0.2, -0.15) is 0 Å². The van der Waals surface area contributed by atoms with Crippen LogP contribution in [-0.4, -0.2) is 29.3 Å². The maximum absolute atomic E-state index is 11.1. The molecule has 0 fully saturated rings. The van der Waals surface area contributed by atoms with Crippen LogP contribution in [-0.2, 0) is 9.53 Å². The molecule has 0 bridgehead atoms. The quantitative estimate of drug-likeness (QED) is 0.733. The van der Waals surface area contributed by atoms with Crippen molar-refractivity contribution in [1.29, 1.82) is 0 Å². The van der Waals surface area contributed by atoms with Gasteiger partial charge >= 0.3 is 5.97 Å². The highest BCUT2D eigenvalue weighted by molar-refractivity contribution is 7.13. The van der Waals surface area contributed by atoms with Crippen LogP contribution in [0.4, 0.5) is 5.13 Å². The summed E-state index contributed by atoms with van der Waals surface area (Å²) in [4.78, 5) is 11.1. The van der Waals surface area contributed by atoms with Crippen LogP contribution in [0.15, 0.2) is 5.51 Å². The van der Waals surface area contributed by atoms with Crippen molar-refractivity contribution in [2.45, 2.75) is 19.4 Å². The predicted octanol–water partition coefficient (Wildman–Crippen LogP) is 0.902. The standard InChI is InChI=1S/C7H11N3O2S/c1-3-5(6(11)12-2)9-7-10-8-4-13-7/h4-5H,3H2,1-2H3,(H,9,10). The summed E-state index contributed by atoms with van der Waals surface area (Å²) in [5, 5.41) is 11.0. The Morgan fingerprint density at radius 1 is 1.85 bits per heavy atom. The van der Waals surface area contributed by atoms with Crippen molar-refractivity contribution in [2.75, 3.05) is 12.4 Å². The average molecular weight is 201 g/mol.